The third-order valence-corrected chi connectivity index (χ3v) is 2.14. The molecule has 0 amide bonds. The Morgan fingerprint density at radius 3 is 2.29 bits per heavy atom. The zero-order chi connectivity index (χ0) is 10.6. The molecular weight excluding hydrogens is 179 g/mol. The molecule has 0 saturated heterocycles. The molecule has 0 saturated carbocycles. The fourth-order valence-electron chi connectivity index (χ4n) is 1.26. The highest BCUT2D eigenvalue weighted by atomic mass is 19.1. The molecule has 0 unspecified atom stereocenters. The van der Waals surface area contributed by atoms with Crippen LogP contribution in [0.25, 0.3) is 0 Å². The third kappa shape index (κ3) is 11.3. The summed E-state index contributed by atoms with van der Waals surface area (Å²) in [5, 5.41) is 0. The first-order chi connectivity index (χ1) is 6.77. The van der Waals surface area contributed by atoms with Gasteiger partial charge in [0.2, 0.25) is 0 Å². The first-order valence-corrected chi connectivity index (χ1v) is 5.60. The summed E-state index contributed by atoms with van der Waals surface area (Å²) < 4.78 is 11.8. The van der Waals surface area contributed by atoms with Crippen LogP contribution in [0.2, 0.25) is 0 Å². The Balaban J connectivity index is 3.05. The Morgan fingerprint density at radius 1 is 1.07 bits per heavy atom. The van der Waals surface area contributed by atoms with E-state index < -0.39 is 6.04 Å². The van der Waals surface area contributed by atoms with Crippen LogP contribution in [0.4, 0.5) is 4.39 Å². The molecule has 0 heterocycles. The van der Waals surface area contributed by atoms with Crippen LogP contribution in [-0.4, -0.2) is 6.04 Å². The molecule has 0 aliphatic carbocycles. The topological polar surface area (TPSA) is 17.1 Å². The SMILES string of the molecule is CCCC/C=C\CCCCCC(=O)F. The zero-order valence-corrected chi connectivity index (χ0v) is 9.10. The van der Waals surface area contributed by atoms with Gasteiger partial charge in [-0.15, -0.1) is 0 Å². The predicted molar refractivity (Wildman–Crippen MR) is 57.9 cm³/mol. The molecule has 1 nitrogen and oxygen atoms in total. The summed E-state index contributed by atoms with van der Waals surface area (Å²) >= 11 is 0. The number of rotatable bonds is 9. The largest absolute Gasteiger partial charge is 0.301 e. The van der Waals surface area contributed by atoms with Crippen molar-refractivity contribution in [3.8, 4) is 0 Å². The van der Waals surface area contributed by atoms with E-state index in [0.29, 0.717) is 6.42 Å². The van der Waals surface area contributed by atoms with Crippen LogP contribution in [-0.2, 0) is 4.79 Å². The maximum absolute atomic E-state index is 11.8. The highest BCUT2D eigenvalue weighted by molar-refractivity contribution is 5.67. The minimum atomic E-state index is -1.18. The maximum atomic E-state index is 11.8. The number of halogens is 1. The Kier molecular flexibility index (Phi) is 9.93. The second-order valence-electron chi connectivity index (χ2n) is 3.57. The van der Waals surface area contributed by atoms with Crippen LogP contribution < -0.4 is 0 Å². The standard InChI is InChI=1S/C12H21FO/c1-2-3-4-5-6-7-8-9-10-11-12(13)14/h5-6H,2-4,7-11H2,1H3/b6-5-. The monoisotopic (exact) mass is 200 g/mol. The predicted octanol–water partition coefficient (Wildman–Crippen LogP) is 4.18. The molecule has 0 aliphatic rings. The lowest BCUT2D eigenvalue weighted by atomic mass is 10.1. The lowest BCUT2D eigenvalue weighted by molar-refractivity contribution is -0.129. The van der Waals surface area contributed by atoms with Crippen LogP contribution in [0.15, 0.2) is 12.2 Å². The maximum Gasteiger partial charge on any atom is 0.301 e. The minimum Gasteiger partial charge on any atom is -0.261 e. The average Bonchev–Trinajstić information content (AvgIpc) is 2.15. The molecule has 2 heteroatoms. The smallest absolute Gasteiger partial charge is 0.261 e. The van der Waals surface area contributed by atoms with Crippen molar-refractivity contribution in [3.05, 3.63) is 12.2 Å². The summed E-state index contributed by atoms with van der Waals surface area (Å²) in [6, 6.07) is -1.18. The Labute approximate surface area is 86.4 Å². The lowest BCUT2D eigenvalue weighted by Gasteiger charge is -1.94. The Morgan fingerprint density at radius 2 is 1.71 bits per heavy atom. The zero-order valence-electron chi connectivity index (χ0n) is 9.10. The first-order valence-electron chi connectivity index (χ1n) is 5.60. The van der Waals surface area contributed by atoms with Gasteiger partial charge in [-0.1, -0.05) is 38.3 Å². The second kappa shape index (κ2) is 10.4. The van der Waals surface area contributed by atoms with Gasteiger partial charge in [-0.2, -0.15) is 4.39 Å². The van der Waals surface area contributed by atoms with E-state index in [4.69, 9.17) is 0 Å². The molecule has 0 spiro atoms. The van der Waals surface area contributed by atoms with Crippen molar-refractivity contribution in [2.75, 3.05) is 0 Å². The minimum absolute atomic E-state index is 0.0968. The molecule has 0 aromatic rings. The van der Waals surface area contributed by atoms with Crippen molar-refractivity contribution >= 4 is 6.04 Å². The van der Waals surface area contributed by atoms with Crippen molar-refractivity contribution in [1.29, 1.82) is 0 Å². The van der Waals surface area contributed by atoms with E-state index in [1.807, 2.05) is 0 Å². The first kappa shape index (κ1) is 13.3. The number of hydrogen-bond donors (Lipinski definition) is 0. The second-order valence-corrected chi connectivity index (χ2v) is 3.57. The molecule has 0 aromatic heterocycles. The van der Waals surface area contributed by atoms with Crippen molar-refractivity contribution in [2.45, 2.75) is 58.3 Å². The van der Waals surface area contributed by atoms with E-state index in [2.05, 4.69) is 19.1 Å². The van der Waals surface area contributed by atoms with Crippen LogP contribution in [0.5, 0.6) is 0 Å². The summed E-state index contributed by atoms with van der Waals surface area (Å²) in [4.78, 5) is 9.97. The fraction of sp³-hybridized carbons (Fsp3) is 0.750. The summed E-state index contributed by atoms with van der Waals surface area (Å²) in [6.07, 6.45) is 11.9. The van der Waals surface area contributed by atoms with Gasteiger partial charge in [-0.3, -0.25) is 4.79 Å². The van der Waals surface area contributed by atoms with Gasteiger partial charge >= 0.3 is 6.04 Å². The van der Waals surface area contributed by atoms with Crippen LogP contribution in [0.1, 0.15) is 58.3 Å². The summed E-state index contributed by atoms with van der Waals surface area (Å²) in [5.41, 5.74) is 0. The van der Waals surface area contributed by atoms with Crippen molar-refractivity contribution in [1.82, 2.24) is 0 Å². The number of carbonyl (C=O) groups excluding carboxylic acids is 1. The van der Waals surface area contributed by atoms with E-state index in [1.165, 1.54) is 19.3 Å². The van der Waals surface area contributed by atoms with E-state index >= 15 is 0 Å². The van der Waals surface area contributed by atoms with Gasteiger partial charge in [-0.05, 0) is 25.7 Å². The van der Waals surface area contributed by atoms with E-state index in [1.54, 1.807) is 0 Å². The van der Waals surface area contributed by atoms with Crippen molar-refractivity contribution in [3.63, 3.8) is 0 Å². The number of unbranched alkanes of at least 4 members (excludes halogenated alkanes) is 5. The molecule has 0 atom stereocenters. The van der Waals surface area contributed by atoms with Gasteiger partial charge in [0.05, 0.1) is 0 Å². The molecule has 0 radical (unpaired) electrons. The molecule has 82 valence electrons. The third-order valence-electron chi connectivity index (χ3n) is 2.14. The summed E-state index contributed by atoms with van der Waals surface area (Å²) in [5.74, 6) is 0. The Bertz CT molecular complexity index is 164. The molecule has 0 fully saturated rings. The molecule has 0 aromatic carbocycles. The molecule has 0 rings (SSSR count). The van der Waals surface area contributed by atoms with Gasteiger partial charge in [0.25, 0.3) is 0 Å². The molecule has 0 aliphatic heterocycles. The quantitative estimate of drug-likeness (QED) is 0.310. The number of hydrogen-bond acceptors (Lipinski definition) is 1. The van der Waals surface area contributed by atoms with Crippen LogP contribution >= 0.6 is 0 Å². The van der Waals surface area contributed by atoms with Crippen LogP contribution in [0.3, 0.4) is 0 Å². The highest BCUT2D eigenvalue weighted by Crippen LogP contribution is 2.05. The van der Waals surface area contributed by atoms with Crippen molar-refractivity contribution < 1.29 is 9.18 Å². The molecule has 0 bridgehead atoms. The normalized spacial score (nSPS) is 11.0. The lowest BCUT2D eigenvalue weighted by Crippen LogP contribution is -1.86. The number of carbonyl (C=O) groups is 1. The van der Waals surface area contributed by atoms with Gasteiger partial charge in [-0.25, -0.2) is 0 Å². The van der Waals surface area contributed by atoms with Gasteiger partial charge in [0.15, 0.2) is 0 Å². The Hall–Kier alpha value is -0.660. The fourth-order valence-corrected chi connectivity index (χ4v) is 1.26. The summed E-state index contributed by atoms with van der Waals surface area (Å²) in [6.45, 7) is 2.18. The van der Waals surface area contributed by atoms with Crippen LogP contribution in [0, 0.1) is 0 Å². The summed E-state index contributed by atoms with van der Waals surface area (Å²) in [7, 11) is 0. The van der Waals surface area contributed by atoms with Gasteiger partial charge in [0, 0.05) is 6.42 Å². The van der Waals surface area contributed by atoms with Crippen molar-refractivity contribution in [2.24, 2.45) is 0 Å². The van der Waals surface area contributed by atoms with E-state index in [-0.39, 0.29) is 6.42 Å². The average molecular weight is 200 g/mol. The van der Waals surface area contributed by atoms with E-state index in [9.17, 15) is 9.18 Å². The molecule has 14 heavy (non-hydrogen) atoms. The van der Waals surface area contributed by atoms with E-state index in [0.717, 1.165) is 19.3 Å². The molecule has 0 N–H and O–H groups in total. The van der Waals surface area contributed by atoms with Gasteiger partial charge < -0.3 is 0 Å². The highest BCUT2D eigenvalue weighted by Gasteiger charge is 1.95. The van der Waals surface area contributed by atoms with Gasteiger partial charge in [0.1, 0.15) is 0 Å². The molecular formula is C12H21FO. The number of allylic oxidation sites excluding steroid dienone is 2.